The molecule has 0 spiro atoms. The lowest BCUT2D eigenvalue weighted by atomic mass is 10.1. The fraction of sp³-hybridized carbons (Fsp3) is 0.750. The van der Waals surface area contributed by atoms with Gasteiger partial charge in [-0.1, -0.05) is 0 Å². The van der Waals surface area contributed by atoms with Crippen molar-refractivity contribution in [1.82, 2.24) is 5.32 Å². The summed E-state index contributed by atoms with van der Waals surface area (Å²) in [5.74, 6) is -0.670. The molecule has 0 heterocycles. The van der Waals surface area contributed by atoms with Gasteiger partial charge in [0.25, 0.3) is 0 Å². The van der Waals surface area contributed by atoms with E-state index in [4.69, 9.17) is 5.11 Å². The second-order valence-corrected chi connectivity index (χ2v) is 3.67. The lowest BCUT2D eigenvalue weighted by Gasteiger charge is -2.11. The number of carbonyl (C=O) groups is 2. The summed E-state index contributed by atoms with van der Waals surface area (Å²) in [6.45, 7) is 0.114. The molecule has 0 aliphatic rings. The van der Waals surface area contributed by atoms with E-state index in [-0.39, 0.29) is 6.54 Å². The SMILES string of the molecule is COC(=O)NC[C@H](CCSC)C(=O)O. The molecular formula is C8H15NO4S. The number of amides is 1. The van der Waals surface area contributed by atoms with Crippen LogP contribution in [-0.4, -0.2) is 42.8 Å². The largest absolute Gasteiger partial charge is 0.481 e. The molecule has 2 N–H and O–H groups in total. The average molecular weight is 221 g/mol. The van der Waals surface area contributed by atoms with Crippen molar-refractivity contribution < 1.29 is 19.4 Å². The number of carboxylic acid groups (broad SMARTS) is 1. The van der Waals surface area contributed by atoms with E-state index >= 15 is 0 Å². The third kappa shape index (κ3) is 5.69. The molecule has 0 saturated carbocycles. The summed E-state index contributed by atoms with van der Waals surface area (Å²) >= 11 is 1.58. The molecular weight excluding hydrogens is 206 g/mol. The number of hydrogen-bond donors (Lipinski definition) is 2. The number of thioether (sulfide) groups is 1. The van der Waals surface area contributed by atoms with Gasteiger partial charge in [0, 0.05) is 6.54 Å². The van der Waals surface area contributed by atoms with Crippen molar-refractivity contribution in [3.8, 4) is 0 Å². The molecule has 0 aromatic carbocycles. The predicted molar refractivity (Wildman–Crippen MR) is 54.5 cm³/mol. The van der Waals surface area contributed by atoms with Gasteiger partial charge in [-0.3, -0.25) is 4.79 Å². The van der Waals surface area contributed by atoms with Gasteiger partial charge in [-0.2, -0.15) is 11.8 Å². The van der Waals surface area contributed by atoms with Crippen LogP contribution in [0.3, 0.4) is 0 Å². The van der Waals surface area contributed by atoms with Crippen LogP contribution in [0.25, 0.3) is 0 Å². The van der Waals surface area contributed by atoms with E-state index in [1.165, 1.54) is 7.11 Å². The maximum absolute atomic E-state index is 10.7. The Morgan fingerprint density at radius 1 is 1.57 bits per heavy atom. The van der Waals surface area contributed by atoms with Gasteiger partial charge in [0.2, 0.25) is 0 Å². The minimum Gasteiger partial charge on any atom is -0.481 e. The van der Waals surface area contributed by atoms with Gasteiger partial charge in [-0.15, -0.1) is 0 Å². The summed E-state index contributed by atoms with van der Waals surface area (Å²) in [5.41, 5.74) is 0. The zero-order valence-corrected chi connectivity index (χ0v) is 9.10. The van der Waals surface area contributed by atoms with Crippen LogP contribution in [0.5, 0.6) is 0 Å². The zero-order valence-electron chi connectivity index (χ0n) is 8.28. The standard InChI is InChI=1S/C8H15NO4S/c1-13-8(12)9-5-6(7(10)11)3-4-14-2/h6H,3-5H2,1-2H3,(H,9,12)(H,10,11)/t6-/m0/s1. The highest BCUT2D eigenvalue weighted by Crippen LogP contribution is 2.07. The summed E-state index contributed by atoms with van der Waals surface area (Å²) in [4.78, 5) is 21.4. The van der Waals surface area contributed by atoms with Crippen molar-refractivity contribution in [3.05, 3.63) is 0 Å². The number of methoxy groups -OCH3 is 1. The lowest BCUT2D eigenvalue weighted by molar-refractivity contribution is -0.141. The van der Waals surface area contributed by atoms with Gasteiger partial charge in [0.1, 0.15) is 0 Å². The molecule has 0 fully saturated rings. The van der Waals surface area contributed by atoms with E-state index in [1.54, 1.807) is 11.8 Å². The minimum absolute atomic E-state index is 0.114. The molecule has 0 aliphatic heterocycles. The number of aliphatic carboxylic acids is 1. The first kappa shape index (κ1) is 13.1. The van der Waals surface area contributed by atoms with Gasteiger partial charge in [0.05, 0.1) is 13.0 Å². The van der Waals surface area contributed by atoms with Crippen molar-refractivity contribution in [1.29, 1.82) is 0 Å². The average Bonchev–Trinajstić information content (AvgIpc) is 2.16. The van der Waals surface area contributed by atoms with E-state index in [0.29, 0.717) is 6.42 Å². The van der Waals surface area contributed by atoms with E-state index < -0.39 is 18.0 Å². The highest BCUT2D eigenvalue weighted by atomic mass is 32.2. The van der Waals surface area contributed by atoms with Crippen LogP contribution in [0, 0.1) is 5.92 Å². The Balaban J connectivity index is 3.84. The Morgan fingerprint density at radius 3 is 2.64 bits per heavy atom. The van der Waals surface area contributed by atoms with E-state index in [1.807, 2.05) is 6.26 Å². The Kier molecular flexibility index (Phi) is 7.00. The van der Waals surface area contributed by atoms with Crippen molar-refractivity contribution >= 4 is 23.8 Å². The second kappa shape index (κ2) is 7.49. The van der Waals surface area contributed by atoms with Gasteiger partial charge in [0.15, 0.2) is 0 Å². The van der Waals surface area contributed by atoms with E-state index in [9.17, 15) is 9.59 Å². The molecule has 82 valence electrons. The second-order valence-electron chi connectivity index (χ2n) is 2.69. The third-order valence-electron chi connectivity index (χ3n) is 1.70. The van der Waals surface area contributed by atoms with Crippen LogP contribution in [0.2, 0.25) is 0 Å². The normalized spacial score (nSPS) is 11.9. The van der Waals surface area contributed by atoms with Crippen LogP contribution in [0.15, 0.2) is 0 Å². The number of hydrogen-bond acceptors (Lipinski definition) is 4. The lowest BCUT2D eigenvalue weighted by Crippen LogP contribution is -2.33. The minimum atomic E-state index is -0.893. The fourth-order valence-electron chi connectivity index (χ4n) is 0.852. The predicted octanol–water partition coefficient (Wildman–Crippen LogP) is 0.796. The molecule has 0 saturated heterocycles. The van der Waals surface area contributed by atoms with Gasteiger partial charge >= 0.3 is 12.1 Å². The summed E-state index contributed by atoms with van der Waals surface area (Å²) in [5, 5.41) is 11.2. The zero-order chi connectivity index (χ0) is 11.0. The quantitative estimate of drug-likeness (QED) is 0.693. The van der Waals surface area contributed by atoms with Crippen molar-refractivity contribution in [2.24, 2.45) is 5.92 Å². The molecule has 14 heavy (non-hydrogen) atoms. The van der Waals surface area contributed by atoms with Crippen molar-refractivity contribution in [3.63, 3.8) is 0 Å². The molecule has 0 aliphatic carbocycles. The summed E-state index contributed by atoms with van der Waals surface area (Å²) in [6, 6.07) is 0. The van der Waals surface area contributed by atoms with E-state index in [2.05, 4.69) is 10.1 Å². The Morgan fingerprint density at radius 2 is 2.21 bits per heavy atom. The molecule has 0 radical (unpaired) electrons. The smallest absolute Gasteiger partial charge is 0.406 e. The third-order valence-corrected chi connectivity index (χ3v) is 2.34. The van der Waals surface area contributed by atoms with Crippen molar-refractivity contribution in [2.45, 2.75) is 6.42 Å². The summed E-state index contributed by atoms with van der Waals surface area (Å²) in [6.07, 6.45) is 1.85. The van der Waals surface area contributed by atoms with Crippen LogP contribution < -0.4 is 5.32 Å². The molecule has 0 aromatic rings. The molecule has 5 nitrogen and oxygen atoms in total. The van der Waals surface area contributed by atoms with E-state index in [0.717, 1.165) is 5.75 Å². The van der Waals surface area contributed by atoms with Crippen molar-refractivity contribution in [2.75, 3.05) is 25.7 Å². The van der Waals surface area contributed by atoms with Crippen LogP contribution in [0.1, 0.15) is 6.42 Å². The van der Waals surface area contributed by atoms with Crippen LogP contribution >= 0.6 is 11.8 Å². The molecule has 1 amide bonds. The number of carboxylic acids is 1. The molecule has 0 unspecified atom stereocenters. The van der Waals surface area contributed by atoms with Gasteiger partial charge in [-0.05, 0) is 18.4 Å². The Hall–Kier alpha value is -0.910. The molecule has 0 bridgehead atoms. The number of nitrogens with one attached hydrogen (secondary N) is 1. The topological polar surface area (TPSA) is 75.6 Å². The molecule has 0 rings (SSSR count). The van der Waals surface area contributed by atoms with Gasteiger partial charge < -0.3 is 15.2 Å². The monoisotopic (exact) mass is 221 g/mol. The van der Waals surface area contributed by atoms with Gasteiger partial charge in [-0.25, -0.2) is 4.79 Å². The molecule has 1 atom stereocenters. The fourth-order valence-corrected chi connectivity index (χ4v) is 1.37. The number of ether oxygens (including phenoxy) is 1. The number of alkyl carbamates (subject to hydrolysis) is 1. The molecule has 0 aromatic heterocycles. The van der Waals surface area contributed by atoms with Crippen LogP contribution in [0.4, 0.5) is 4.79 Å². The maximum Gasteiger partial charge on any atom is 0.406 e. The number of carbonyl (C=O) groups excluding carboxylic acids is 1. The first-order valence-electron chi connectivity index (χ1n) is 4.15. The maximum atomic E-state index is 10.7. The van der Waals surface area contributed by atoms with Crippen LogP contribution in [-0.2, 0) is 9.53 Å². The Bertz CT molecular complexity index is 198. The number of rotatable bonds is 6. The highest BCUT2D eigenvalue weighted by molar-refractivity contribution is 7.98. The first-order chi connectivity index (χ1) is 6.61. The highest BCUT2D eigenvalue weighted by Gasteiger charge is 2.17. The Labute approximate surface area is 87.2 Å². The summed E-state index contributed by atoms with van der Waals surface area (Å²) < 4.78 is 4.34. The summed E-state index contributed by atoms with van der Waals surface area (Å²) in [7, 11) is 1.24. The first-order valence-corrected chi connectivity index (χ1v) is 5.54. The molecule has 6 heteroatoms.